The lowest BCUT2D eigenvalue weighted by molar-refractivity contribution is -0.138. The molecule has 0 saturated carbocycles. The fourth-order valence-corrected chi connectivity index (χ4v) is 2.20. The number of amides is 2. The topological polar surface area (TPSA) is 70.4 Å². The molecule has 0 aromatic rings. The summed E-state index contributed by atoms with van der Waals surface area (Å²) in [5.74, 6) is -0.910. The first-order chi connectivity index (χ1) is 11.0. The number of hydrogen-bond donors (Lipinski definition) is 0. The molecular weight excluding hydrogens is 292 g/mol. The molecule has 0 aromatic heterocycles. The van der Waals surface area contributed by atoms with Crippen molar-refractivity contribution in [2.75, 3.05) is 20.3 Å². The van der Waals surface area contributed by atoms with Gasteiger partial charge in [-0.15, -0.1) is 0 Å². The first kappa shape index (κ1) is 18.9. The van der Waals surface area contributed by atoms with Gasteiger partial charge in [-0.1, -0.05) is 19.1 Å². The number of rotatable bonds is 8. The Bertz CT molecular complexity index is 580. The highest BCUT2D eigenvalue weighted by molar-refractivity contribution is 6.17. The molecule has 0 unspecified atom stereocenters. The van der Waals surface area contributed by atoms with Gasteiger partial charge in [0.1, 0.15) is 11.6 Å². The average Bonchev–Trinajstić information content (AvgIpc) is 2.54. The van der Waals surface area contributed by atoms with Crippen LogP contribution < -0.4 is 0 Å². The van der Waals surface area contributed by atoms with Gasteiger partial charge >= 0.3 is 0 Å². The molecule has 23 heavy (non-hydrogen) atoms. The Morgan fingerprint density at radius 3 is 2.61 bits per heavy atom. The van der Waals surface area contributed by atoms with Gasteiger partial charge in [-0.2, -0.15) is 5.26 Å². The van der Waals surface area contributed by atoms with E-state index in [9.17, 15) is 9.59 Å². The number of ether oxygens (including phenoxy) is 1. The minimum Gasteiger partial charge on any atom is -0.381 e. The van der Waals surface area contributed by atoms with Crippen LogP contribution in [0.1, 0.15) is 39.5 Å². The van der Waals surface area contributed by atoms with Crippen LogP contribution in [0.3, 0.4) is 0 Å². The highest BCUT2D eigenvalue weighted by atomic mass is 16.5. The molecule has 0 N–H and O–H groups in total. The van der Waals surface area contributed by atoms with Crippen LogP contribution >= 0.6 is 0 Å². The van der Waals surface area contributed by atoms with E-state index in [0.717, 1.165) is 43.8 Å². The Morgan fingerprint density at radius 2 is 1.96 bits per heavy atom. The molecule has 0 radical (unpaired) electrons. The summed E-state index contributed by atoms with van der Waals surface area (Å²) in [6.07, 6.45) is 9.43. The number of nitrogens with zero attached hydrogens (tertiary/aromatic N) is 2. The Labute approximate surface area is 137 Å². The zero-order valence-corrected chi connectivity index (χ0v) is 14.1. The average molecular weight is 316 g/mol. The van der Waals surface area contributed by atoms with E-state index in [1.807, 2.05) is 18.2 Å². The third-order valence-corrected chi connectivity index (χ3v) is 3.60. The summed E-state index contributed by atoms with van der Waals surface area (Å²) in [4.78, 5) is 24.9. The van der Waals surface area contributed by atoms with E-state index in [1.165, 1.54) is 7.05 Å². The van der Waals surface area contributed by atoms with Crippen LogP contribution in [0, 0.1) is 11.3 Å². The third-order valence-electron chi connectivity index (χ3n) is 3.60. The van der Waals surface area contributed by atoms with E-state index in [1.54, 1.807) is 13.0 Å². The smallest absolute Gasteiger partial charge is 0.271 e. The summed E-state index contributed by atoms with van der Waals surface area (Å²) in [5.41, 5.74) is 0.865. The van der Waals surface area contributed by atoms with Crippen molar-refractivity contribution in [2.24, 2.45) is 0 Å². The normalized spacial score (nSPS) is 17.5. The molecule has 2 amide bonds. The van der Waals surface area contributed by atoms with Crippen molar-refractivity contribution in [3.8, 4) is 6.07 Å². The molecule has 0 saturated heterocycles. The van der Waals surface area contributed by atoms with Crippen LogP contribution in [0.4, 0.5) is 0 Å². The molecule has 1 aliphatic rings. The van der Waals surface area contributed by atoms with Gasteiger partial charge in [-0.25, -0.2) is 0 Å². The van der Waals surface area contributed by atoms with Crippen LogP contribution in [0.5, 0.6) is 0 Å². The van der Waals surface area contributed by atoms with Crippen LogP contribution in [0.2, 0.25) is 0 Å². The fraction of sp³-hybridized carbons (Fsp3) is 0.500. The summed E-state index contributed by atoms with van der Waals surface area (Å²) >= 11 is 0. The van der Waals surface area contributed by atoms with Crippen LogP contribution in [0.15, 0.2) is 34.9 Å². The Morgan fingerprint density at radius 1 is 1.22 bits per heavy atom. The number of carbonyl (C=O) groups excluding carboxylic acids is 2. The molecule has 1 rings (SSSR count). The molecule has 0 aromatic carbocycles. The number of likely N-dealkylation sites (N-methyl/N-ethyl adjacent to an activating group) is 1. The Hall–Kier alpha value is -2.19. The van der Waals surface area contributed by atoms with Crippen LogP contribution in [-0.4, -0.2) is 37.0 Å². The third kappa shape index (κ3) is 5.19. The van der Waals surface area contributed by atoms with Crippen molar-refractivity contribution in [3.05, 3.63) is 34.9 Å². The molecule has 5 heteroatoms. The van der Waals surface area contributed by atoms with E-state index in [0.29, 0.717) is 11.1 Å². The largest absolute Gasteiger partial charge is 0.381 e. The van der Waals surface area contributed by atoms with E-state index in [4.69, 9.17) is 10.00 Å². The molecule has 1 aliphatic heterocycles. The maximum Gasteiger partial charge on any atom is 0.271 e. The van der Waals surface area contributed by atoms with Gasteiger partial charge in [-0.05, 0) is 44.3 Å². The summed E-state index contributed by atoms with van der Waals surface area (Å²) in [6.45, 7) is 5.30. The van der Waals surface area contributed by atoms with Gasteiger partial charge in [-0.3, -0.25) is 14.5 Å². The zero-order valence-electron chi connectivity index (χ0n) is 14.1. The fourth-order valence-electron chi connectivity index (χ4n) is 2.20. The quantitative estimate of drug-likeness (QED) is 0.392. The van der Waals surface area contributed by atoms with Crippen molar-refractivity contribution >= 4 is 11.8 Å². The molecule has 0 bridgehead atoms. The van der Waals surface area contributed by atoms with E-state index in [-0.39, 0.29) is 11.5 Å². The summed E-state index contributed by atoms with van der Waals surface area (Å²) < 4.78 is 5.40. The lowest BCUT2D eigenvalue weighted by Gasteiger charge is -2.23. The van der Waals surface area contributed by atoms with Crippen LogP contribution in [0.25, 0.3) is 0 Å². The van der Waals surface area contributed by atoms with Crippen molar-refractivity contribution in [2.45, 2.75) is 39.5 Å². The first-order valence-electron chi connectivity index (χ1n) is 7.92. The van der Waals surface area contributed by atoms with Gasteiger partial charge in [0, 0.05) is 25.8 Å². The molecular formula is C18H24N2O3. The van der Waals surface area contributed by atoms with Crippen molar-refractivity contribution in [3.63, 3.8) is 0 Å². The maximum atomic E-state index is 12.1. The number of carbonyl (C=O) groups is 2. The van der Waals surface area contributed by atoms with Crippen molar-refractivity contribution in [1.82, 2.24) is 4.90 Å². The second-order valence-electron chi connectivity index (χ2n) is 5.40. The maximum absolute atomic E-state index is 12.1. The first-order valence-corrected chi connectivity index (χ1v) is 7.92. The molecule has 1 heterocycles. The van der Waals surface area contributed by atoms with Gasteiger partial charge < -0.3 is 4.74 Å². The van der Waals surface area contributed by atoms with Crippen molar-refractivity contribution in [1.29, 1.82) is 5.26 Å². The number of unbranched alkanes of at least 4 members (excludes halogenated alkanes) is 2. The van der Waals surface area contributed by atoms with Crippen LogP contribution in [-0.2, 0) is 14.3 Å². The standard InChI is InChI=1S/C18H24N2O3/c1-4-11-23-12-9-7-5-6-8-10-15-14(2)16(13-19)18(22)20(3)17(15)21/h6,8,10H,4-5,7,9,11-12H2,1-3H3/b8-6+,15-10+. The van der Waals surface area contributed by atoms with Gasteiger partial charge in [0.05, 0.1) is 0 Å². The zero-order chi connectivity index (χ0) is 17.2. The lowest BCUT2D eigenvalue weighted by Crippen LogP contribution is -2.39. The highest BCUT2D eigenvalue weighted by Gasteiger charge is 2.32. The highest BCUT2D eigenvalue weighted by Crippen LogP contribution is 2.23. The minimum absolute atomic E-state index is 0.0276. The van der Waals surface area contributed by atoms with E-state index in [2.05, 4.69) is 6.92 Å². The molecule has 0 atom stereocenters. The monoisotopic (exact) mass is 316 g/mol. The molecule has 5 nitrogen and oxygen atoms in total. The number of allylic oxidation sites excluding steroid dienone is 3. The summed E-state index contributed by atoms with van der Waals surface area (Å²) in [6, 6.07) is 1.88. The summed E-state index contributed by atoms with van der Waals surface area (Å²) in [7, 11) is 1.39. The molecule has 0 fully saturated rings. The minimum atomic E-state index is -0.539. The number of nitriles is 1. The SMILES string of the molecule is CCCOCCCC/C=C/C=C1/C(=O)N(C)C(=O)C(C#N)=C1C. The van der Waals surface area contributed by atoms with Gasteiger partial charge in [0.2, 0.25) is 0 Å². The van der Waals surface area contributed by atoms with E-state index < -0.39 is 5.91 Å². The van der Waals surface area contributed by atoms with Gasteiger partial charge in [0.25, 0.3) is 11.8 Å². The second-order valence-corrected chi connectivity index (χ2v) is 5.40. The Kier molecular flexibility index (Phi) is 8.00. The molecule has 124 valence electrons. The molecule has 0 spiro atoms. The van der Waals surface area contributed by atoms with E-state index >= 15 is 0 Å². The molecule has 0 aliphatic carbocycles. The van der Waals surface area contributed by atoms with Gasteiger partial charge in [0.15, 0.2) is 0 Å². The number of hydrogen-bond acceptors (Lipinski definition) is 4. The predicted octanol–water partition coefficient (Wildman–Crippen LogP) is 2.90. The Balaban J connectivity index is 2.60. The predicted molar refractivity (Wildman–Crippen MR) is 88.3 cm³/mol. The number of imide groups is 1. The van der Waals surface area contributed by atoms with Crippen molar-refractivity contribution < 1.29 is 14.3 Å². The summed E-state index contributed by atoms with van der Waals surface area (Å²) in [5, 5.41) is 9.06. The lowest BCUT2D eigenvalue weighted by atomic mass is 9.95. The second kappa shape index (κ2) is 9.75.